The molecule has 0 bridgehead atoms. The minimum absolute atomic E-state index is 0.325. The van der Waals surface area contributed by atoms with Gasteiger partial charge in [-0.2, -0.15) is 0 Å². The Hall–Kier alpha value is -2.72. The Morgan fingerprint density at radius 2 is 1.57 bits per heavy atom. The Labute approximate surface area is 137 Å². The van der Waals surface area contributed by atoms with Crippen LogP contribution in [0.5, 0.6) is 0 Å². The molecule has 0 saturated carbocycles. The van der Waals surface area contributed by atoms with Crippen molar-refractivity contribution in [2.45, 2.75) is 6.92 Å². The molecule has 0 atom stereocenters. The molecule has 5 heteroatoms. The quantitative estimate of drug-likeness (QED) is 0.636. The van der Waals surface area contributed by atoms with Crippen LogP contribution in [0.3, 0.4) is 0 Å². The number of carbonyl (C=O) groups excluding carboxylic acids is 2. The van der Waals surface area contributed by atoms with E-state index in [4.69, 9.17) is 11.6 Å². The van der Waals surface area contributed by atoms with Crippen LogP contribution in [-0.4, -0.2) is 16.8 Å². The van der Waals surface area contributed by atoms with E-state index in [0.29, 0.717) is 38.4 Å². The molecule has 23 heavy (non-hydrogen) atoms. The number of amides is 2. The highest BCUT2D eigenvalue weighted by Crippen LogP contribution is 2.34. The van der Waals surface area contributed by atoms with E-state index in [1.165, 1.54) is 4.90 Å². The van der Waals surface area contributed by atoms with Gasteiger partial charge in [-0.3, -0.25) is 14.6 Å². The third-order valence-electron chi connectivity index (χ3n) is 3.99. The van der Waals surface area contributed by atoms with Gasteiger partial charge in [-0.15, -0.1) is 0 Å². The van der Waals surface area contributed by atoms with Gasteiger partial charge in [0.05, 0.1) is 28.0 Å². The van der Waals surface area contributed by atoms with Gasteiger partial charge in [0.1, 0.15) is 0 Å². The number of fused-ring (bicyclic) bond motifs is 3. The van der Waals surface area contributed by atoms with Crippen LogP contribution in [-0.2, 0) is 0 Å². The molecule has 0 saturated heterocycles. The van der Waals surface area contributed by atoms with E-state index in [9.17, 15) is 9.59 Å². The number of hydrogen-bond donors (Lipinski definition) is 0. The molecule has 0 spiro atoms. The van der Waals surface area contributed by atoms with Gasteiger partial charge in [-0.05, 0) is 37.3 Å². The maximum absolute atomic E-state index is 12.9. The minimum atomic E-state index is -0.344. The number of benzene rings is 2. The van der Waals surface area contributed by atoms with Crippen molar-refractivity contribution in [3.05, 3.63) is 70.4 Å². The third-order valence-corrected chi connectivity index (χ3v) is 4.24. The molecule has 0 unspecified atom stereocenters. The van der Waals surface area contributed by atoms with Crippen LogP contribution in [0, 0.1) is 6.92 Å². The molecule has 0 fully saturated rings. The number of anilines is 1. The molecule has 2 amide bonds. The molecule has 4 nitrogen and oxygen atoms in total. The van der Waals surface area contributed by atoms with Crippen LogP contribution in [0.25, 0.3) is 10.9 Å². The highest BCUT2D eigenvalue weighted by molar-refractivity contribution is 6.38. The molecule has 4 rings (SSSR count). The van der Waals surface area contributed by atoms with Crippen molar-refractivity contribution < 1.29 is 9.59 Å². The van der Waals surface area contributed by atoms with E-state index in [0.717, 1.165) is 0 Å². The fraction of sp³-hybridized carbons (Fsp3) is 0.0556. The fourth-order valence-corrected chi connectivity index (χ4v) is 3.09. The minimum Gasteiger partial charge on any atom is -0.268 e. The maximum atomic E-state index is 12.9. The lowest BCUT2D eigenvalue weighted by molar-refractivity contribution is 0.0926. The number of para-hydroxylation sites is 1. The summed E-state index contributed by atoms with van der Waals surface area (Å²) in [6.07, 6.45) is 0. The summed E-state index contributed by atoms with van der Waals surface area (Å²) in [7, 11) is 0. The number of halogens is 1. The number of hydrogen-bond acceptors (Lipinski definition) is 3. The van der Waals surface area contributed by atoms with Gasteiger partial charge in [-0.25, -0.2) is 4.90 Å². The van der Waals surface area contributed by atoms with E-state index in [1.807, 2.05) is 24.3 Å². The molecule has 1 aromatic heterocycles. The summed E-state index contributed by atoms with van der Waals surface area (Å²) in [6, 6.07) is 14.0. The van der Waals surface area contributed by atoms with Crippen LogP contribution in [0.2, 0.25) is 5.02 Å². The van der Waals surface area contributed by atoms with Crippen molar-refractivity contribution in [2.75, 3.05) is 4.90 Å². The maximum Gasteiger partial charge on any atom is 0.268 e. The van der Waals surface area contributed by atoms with Crippen molar-refractivity contribution in [1.82, 2.24) is 4.98 Å². The lowest BCUT2D eigenvalue weighted by atomic mass is 10.0. The average molecular weight is 323 g/mol. The second-order valence-corrected chi connectivity index (χ2v) is 5.82. The van der Waals surface area contributed by atoms with E-state index in [2.05, 4.69) is 4.98 Å². The number of rotatable bonds is 1. The molecular formula is C18H11ClN2O2. The summed E-state index contributed by atoms with van der Waals surface area (Å²) < 4.78 is 0. The highest BCUT2D eigenvalue weighted by Gasteiger charge is 2.39. The number of imide groups is 1. The Morgan fingerprint density at radius 3 is 2.30 bits per heavy atom. The van der Waals surface area contributed by atoms with Crippen LogP contribution in [0.1, 0.15) is 26.4 Å². The summed E-state index contributed by atoms with van der Waals surface area (Å²) >= 11 is 5.89. The van der Waals surface area contributed by atoms with Crippen molar-refractivity contribution >= 4 is 40.0 Å². The van der Waals surface area contributed by atoms with Gasteiger partial charge in [0.2, 0.25) is 0 Å². The van der Waals surface area contributed by atoms with Gasteiger partial charge in [0, 0.05) is 10.4 Å². The number of pyridine rings is 1. The molecule has 0 radical (unpaired) electrons. The molecule has 2 aromatic carbocycles. The number of aromatic nitrogens is 1. The van der Waals surface area contributed by atoms with Crippen molar-refractivity contribution in [3.63, 3.8) is 0 Å². The predicted molar refractivity (Wildman–Crippen MR) is 89.1 cm³/mol. The van der Waals surface area contributed by atoms with E-state index in [1.54, 1.807) is 31.2 Å². The van der Waals surface area contributed by atoms with Crippen LogP contribution < -0.4 is 4.90 Å². The number of aryl methyl sites for hydroxylation is 1. The third kappa shape index (κ3) is 1.95. The van der Waals surface area contributed by atoms with Gasteiger partial charge >= 0.3 is 0 Å². The molecular weight excluding hydrogens is 312 g/mol. The highest BCUT2D eigenvalue weighted by atomic mass is 35.5. The zero-order valence-electron chi connectivity index (χ0n) is 12.2. The lowest BCUT2D eigenvalue weighted by Crippen LogP contribution is -2.29. The molecule has 1 aliphatic rings. The number of nitrogens with zero attached hydrogens (tertiary/aromatic N) is 2. The standard InChI is InChI=1S/C18H11ClN2O2/c1-10-15-16(13-4-2-3-5-14(13)20-10)18(23)21(17(15)22)12-8-6-11(19)7-9-12/h2-9H,1H3. The monoisotopic (exact) mass is 322 g/mol. The SMILES string of the molecule is Cc1nc2ccccc2c2c1C(=O)N(c1ccc(Cl)cc1)C2=O. The van der Waals surface area contributed by atoms with Gasteiger partial charge < -0.3 is 0 Å². The average Bonchev–Trinajstić information content (AvgIpc) is 2.81. The van der Waals surface area contributed by atoms with E-state index < -0.39 is 0 Å². The Bertz CT molecular complexity index is 980. The zero-order chi connectivity index (χ0) is 16.1. The van der Waals surface area contributed by atoms with Crippen molar-refractivity contribution in [2.24, 2.45) is 0 Å². The van der Waals surface area contributed by atoms with Crippen LogP contribution >= 0.6 is 11.6 Å². The summed E-state index contributed by atoms with van der Waals surface area (Å²) in [5.41, 5.74) is 2.58. The summed E-state index contributed by atoms with van der Waals surface area (Å²) in [6.45, 7) is 1.75. The van der Waals surface area contributed by atoms with Crippen LogP contribution in [0.15, 0.2) is 48.5 Å². The Balaban J connectivity index is 1.97. The smallest absolute Gasteiger partial charge is 0.268 e. The second kappa shape index (κ2) is 4.89. The first-order valence-electron chi connectivity index (χ1n) is 7.11. The lowest BCUT2D eigenvalue weighted by Gasteiger charge is -2.13. The Kier molecular flexibility index (Phi) is 2.96. The fourth-order valence-electron chi connectivity index (χ4n) is 2.96. The first-order chi connectivity index (χ1) is 11.1. The molecule has 0 aliphatic carbocycles. The second-order valence-electron chi connectivity index (χ2n) is 5.39. The van der Waals surface area contributed by atoms with Crippen molar-refractivity contribution in [1.29, 1.82) is 0 Å². The van der Waals surface area contributed by atoms with Crippen molar-refractivity contribution in [3.8, 4) is 0 Å². The van der Waals surface area contributed by atoms with Gasteiger partial charge in [-0.1, -0.05) is 29.8 Å². The van der Waals surface area contributed by atoms with E-state index in [-0.39, 0.29) is 11.8 Å². The Morgan fingerprint density at radius 1 is 0.913 bits per heavy atom. The first-order valence-corrected chi connectivity index (χ1v) is 7.49. The summed E-state index contributed by atoms with van der Waals surface area (Å²) in [5, 5.41) is 1.25. The summed E-state index contributed by atoms with van der Waals surface area (Å²) in [4.78, 5) is 31.3. The molecule has 112 valence electrons. The van der Waals surface area contributed by atoms with Gasteiger partial charge in [0.15, 0.2) is 0 Å². The molecule has 1 aliphatic heterocycles. The van der Waals surface area contributed by atoms with Crippen LogP contribution in [0.4, 0.5) is 5.69 Å². The van der Waals surface area contributed by atoms with Gasteiger partial charge in [0.25, 0.3) is 11.8 Å². The largest absolute Gasteiger partial charge is 0.268 e. The number of carbonyl (C=O) groups is 2. The molecule has 3 aromatic rings. The predicted octanol–water partition coefficient (Wildman–Crippen LogP) is 4.00. The topological polar surface area (TPSA) is 50.3 Å². The molecule has 0 N–H and O–H groups in total. The van der Waals surface area contributed by atoms with E-state index >= 15 is 0 Å². The normalized spacial score (nSPS) is 13.7. The summed E-state index contributed by atoms with van der Waals surface area (Å²) in [5.74, 6) is -0.669. The first kappa shape index (κ1) is 13.9. The zero-order valence-corrected chi connectivity index (χ0v) is 13.0. The molecule has 2 heterocycles.